The summed E-state index contributed by atoms with van der Waals surface area (Å²) in [4.78, 5) is 0. The predicted octanol–water partition coefficient (Wildman–Crippen LogP) is 3.88. The summed E-state index contributed by atoms with van der Waals surface area (Å²) in [6, 6.07) is 0. The third-order valence-corrected chi connectivity index (χ3v) is 4.14. The zero-order valence-corrected chi connectivity index (χ0v) is 9.39. The molecule has 0 bridgehead atoms. The molecule has 0 aromatic heterocycles. The fraction of sp³-hybridized carbons (Fsp3) is 1.00. The van der Waals surface area contributed by atoms with Crippen LogP contribution in [0.15, 0.2) is 0 Å². The van der Waals surface area contributed by atoms with E-state index < -0.39 is 8.03 Å². The molecule has 13 heavy (non-hydrogen) atoms. The summed E-state index contributed by atoms with van der Waals surface area (Å²) in [6.07, 6.45) is 8.17. The summed E-state index contributed by atoms with van der Waals surface area (Å²) >= 11 is 0. The molecular formula is C10H20O2P+. The molecule has 0 saturated heterocycles. The van der Waals surface area contributed by atoms with E-state index in [0.29, 0.717) is 12.3 Å². The Bertz CT molecular complexity index is 153. The molecule has 76 valence electrons. The molecule has 0 amide bonds. The lowest BCUT2D eigenvalue weighted by Gasteiger charge is -2.11. The molecule has 0 spiro atoms. The van der Waals surface area contributed by atoms with Crippen molar-refractivity contribution in [3.05, 3.63) is 0 Å². The molecule has 2 nitrogen and oxygen atoms in total. The largest absolute Gasteiger partial charge is 0.511 e. The van der Waals surface area contributed by atoms with E-state index in [4.69, 9.17) is 4.52 Å². The van der Waals surface area contributed by atoms with Crippen molar-refractivity contribution < 1.29 is 9.09 Å². The highest BCUT2D eigenvalue weighted by Crippen LogP contribution is 2.39. The quantitative estimate of drug-likeness (QED) is 0.500. The summed E-state index contributed by atoms with van der Waals surface area (Å²) in [5.74, 6) is 0. The lowest BCUT2D eigenvalue weighted by Crippen LogP contribution is -2.09. The van der Waals surface area contributed by atoms with Crippen molar-refractivity contribution in [2.75, 3.05) is 6.61 Å². The molecular weight excluding hydrogens is 183 g/mol. The van der Waals surface area contributed by atoms with Crippen molar-refractivity contribution in [2.45, 2.75) is 57.5 Å². The molecule has 0 heterocycles. The Labute approximate surface area is 81.9 Å². The molecule has 0 aliphatic heterocycles. The zero-order valence-electron chi connectivity index (χ0n) is 8.50. The van der Waals surface area contributed by atoms with Gasteiger partial charge in [0.05, 0.1) is 0 Å². The normalized spacial score (nSPS) is 20.2. The second kappa shape index (κ2) is 6.50. The van der Waals surface area contributed by atoms with Gasteiger partial charge >= 0.3 is 8.03 Å². The molecule has 1 rings (SSSR count). The standard InChI is InChI=1S/C10H20O2P/c1-2-3-9-12-13(11)10-7-5-4-6-8-10/h10H,2-9H2,1H3/q+1. The predicted molar refractivity (Wildman–Crippen MR) is 55.3 cm³/mol. The molecule has 0 aromatic rings. The van der Waals surface area contributed by atoms with E-state index in [1.807, 2.05) is 0 Å². The molecule has 0 N–H and O–H groups in total. The summed E-state index contributed by atoms with van der Waals surface area (Å²) in [5.41, 5.74) is 0.362. The highest BCUT2D eigenvalue weighted by atomic mass is 31.1. The number of unbranched alkanes of at least 4 members (excludes halogenated alkanes) is 1. The van der Waals surface area contributed by atoms with Gasteiger partial charge in [0.1, 0.15) is 6.61 Å². The van der Waals surface area contributed by atoms with Gasteiger partial charge in [-0.25, -0.2) is 0 Å². The van der Waals surface area contributed by atoms with Crippen molar-refractivity contribution in [3.63, 3.8) is 0 Å². The third-order valence-electron chi connectivity index (χ3n) is 2.59. The monoisotopic (exact) mass is 203 g/mol. The van der Waals surface area contributed by atoms with Crippen molar-refractivity contribution in [1.29, 1.82) is 0 Å². The van der Waals surface area contributed by atoms with Gasteiger partial charge in [-0.15, -0.1) is 4.52 Å². The first-order valence-electron chi connectivity index (χ1n) is 5.44. The van der Waals surface area contributed by atoms with Crippen LogP contribution in [0.1, 0.15) is 51.9 Å². The Balaban J connectivity index is 2.13. The summed E-state index contributed by atoms with van der Waals surface area (Å²) in [6.45, 7) is 2.80. The number of hydrogen-bond donors (Lipinski definition) is 0. The van der Waals surface area contributed by atoms with E-state index in [1.54, 1.807) is 0 Å². The Morgan fingerprint density at radius 1 is 1.31 bits per heavy atom. The maximum atomic E-state index is 11.6. The van der Waals surface area contributed by atoms with Gasteiger partial charge in [0, 0.05) is 0 Å². The van der Waals surface area contributed by atoms with Gasteiger partial charge in [0.15, 0.2) is 5.66 Å². The lowest BCUT2D eigenvalue weighted by molar-refractivity contribution is 0.308. The lowest BCUT2D eigenvalue weighted by atomic mass is 10.0. The van der Waals surface area contributed by atoms with Gasteiger partial charge < -0.3 is 0 Å². The molecule has 0 aromatic carbocycles. The Morgan fingerprint density at radius 3 is 2.62 bits per heavy atom. The van der Waals surface area contributed by atoms with E-state index in [1.165, 1.54) is 19.3 Å². The molecule has 1 aliphatic carbocycles. The number of rotatable bonds is 5. The van der Waals surface area contributed by atoms with Crippen molar-refractivity contribution in [2.24, 2.45) is 0 Å². The van der Waals surface area contributed by atoms with Crippen LogP contribution in [0.2, 0.25) is 0 Å². The van der Waals surface area contributed by atoms with Crippen LogP contribution in [0.5, 0.6) is 0 Å². The van der Waals surface area contributed by atoms with Crippen LogP contribution < -0.4 is 0 Å². The van der Waals surface area contributed by atoms with Gasteiger partial charge in [-0.2, -0.15) is 0 Å². The number of hydrogen-bond acceptors (Lipinski definition) is 2. The Kier molecular flexibility index (Phi) is 5.57. The minimum absolute atomic E-state index is 0.362. The van der Waals surface area contributed by atoms with Crippen LogP contribution in [0.3, 0.4) is 0 Å². The molecule has 1 aliphatic rings. The van der Waals surface area contributed by atoms with E-state index in [9.17, 15) is 4.57 Å². The Hall–Kier alpha value is 0.0600. The molecule has 1 atom stereocenters. The molecule has 0 radical (unpaired) electrons. The van der Waals surface area contributed by atoms with Crippen LogP contribution >= 0.6 is 8.03 Å². The fourth-order valence-electron chi connectivity index (χ4n) is 1.70. The second-order valence-electron chi connectivity index (χ2n) is 3.76. The van der Waals surface area contributed by atoms with Crippen LogP contribution in [0, 0.1) is 0 Å². The molecule has 3 heteroatoms. The van der Waals surface area contributed by atoms with Crippen molar-refractivity contribution in [1.82, 2.24) is 0 Å². The van der Waals surface area contributed by atoms with Gasteiger partial charge in [-0.1, -0.05) is 19.8 Å². The molecule has 1 fully saturated rings. The van der Waals surface area contributed by atoms with Crippen LogP contribution in [-0.2, 0) is 9.09 Å². The van der Waals surface area contributed by atoms with Gasteiger partial charge in [-0.05, 0) is 36.7 Å². The summed E-state index contributed by atoms with van der Waals surface area (Å²) in [7, 11) is -1.36. The molecule has 1 unspecified atom stereocenters. The van der Waals surface area contributed by atoms with E-state index >= 15 is 0 Å². The highest BCUT2D eigenvalue weighted by Gasteiger charge is 2.33. The summed E-state index contributed by atoms with van der Waals surface area (Å²) < 4.78 is 16.9. The zero-order chi connectivity index (χ0) is 9.52. The van der Waals surface area contributed by atoms with Gasteiger partial charge in [-0.3, -0.25) is 0 Å². The average molecular weight is 203 g/mol. The summed E-state index contributed by atoms with van der Waals surface area (Å²) in [5, 5.41) is 0. The Morgan fingerprint density at radius 2 is 2.00 bits per heavy atom. The van der Waals surface area contributed by atoms with Crippen LogP contribution in [-0.4, -0.2) is 12.3 Å². The molecule has 1 saturated carbocycles. The fourth-order valence-corrected chi connectivity index (χ4v) is 3.00. The van der Waals surface area contributed by atoms with E-state index in [2.05, 4.69) is 6.92 Å². The maximum absolute atomic E-state index is 11.6. The van der Waals surface area contributed by atoms with Gasteiger partial charge in [0.2, 0.25) is 0 Å². The van der Waals surface area contributed by atoms with E-state index in [0.717, 1.165) is 25.7 Å². The SMILES string of the molecule is CCCCO[P+](=O)C1CCCCC1. The maximum Gasteiger partial charge on any atom is 0.511 e. The highest BCUT2D eigenvalue weighted by molar-refractivity contribution is 7.40. The van der Waals surface area contributed by atoms with Crippen molar-refractivity contribution >= 4 is 8.03 Å². The topological polar surface area (TPSA) is 26.3 Å². The average Bonchev–Trinajstić information content (AvgIpc) is 2.19. The van der Waals surface area contributed by atoms with Crippen LogP contribution in [0.4, 0.5) is 0 Å². The second-order valence-corrected chi connectivity index (χ2v) is 5.32. The van der Waals surface area contributed by atoms with Crippen molar-refractivity contribution in [3.8, 4) is 0 Å². The minimum Gasteiger partial charge on any atom is -0.146 e. The first-order valence-corrected chi connectivity index (χ1v) is 6.68. The first kappa shape index (κ1) is 11.1. The van der Waals surface area contributed by atoms with E-state index in [-0.39, 0.29) is 0 Å². The smallest absolute Gasteiger partial charge is 0.146 e. The minimum atomic E-state index is -1.36. The van der Waals surface area contributed by atoms with Gasteiger partial charge in [0.25, 0.3) is 0 Å². The third kappa shape index (κ3) is 4.19. The first-order chi connectivity index (χ1) is 6.34. The van der Waals surface area contributed by atoms with Crippen LogP contribution in [0.25, 0.3) is 0 Å².